The van der Waals surface area contributed by atoms with E-state index in [2.05, 4.69) is 17.2 Å². The first kappa shape index (κ1) is 11.1. The molecule has 70 valence electrons. The van der Waals surface area contributed by atoms with E-state index < -0.39 is 0 Å². The van der Waals surface area contributed by atoms with Crippen LogP contribution in [0.15, 0.2) is 17.1 Å². The van der Waals surface area contributed by atoms with Crippen LogP contribution >= 0.6 is 35.4 Å². The summed E-state index contributed by atoms with van der Waals surface area (Å²) in [7, 11) is 0. The highest BCUT2D eigenvalue weighted by Gasteiger charge is 2.06. The number of hydrogen-bond donors (Lipinski definition) is 0. The summed E-state index contributed by atoms with van der Waals surface area (Å²) in [5, 5.41) is 10.6. The molecule has 2 nitrogen and oxygen atoms in total. The molecule has 0 aromatic heterocycles. The molecule has 1 rings (SSSR count). The van der Waals surface area contributed by atoms with Gasteiger partial charge in [0.05, 0.1) is 21.3 Å². The molecule has 0 heterocycles. The van der Waals surface area contributed by atoms with Crippen LogP contribution in [0, 0.1) is 11.3 Å². The third-order valence-corrected chi connectivity index (χ3v) is 2.14. The van der Waals surface area contributed by atoms with E-state index in [4.69, 9.17) is 28.5 Å². The van der Waals surface area contributed by atoms with Gasteiger partial charge in [-0.05, 0) is 12.1 Å². The molecular formula is C9H4Cl2N2S. The lowest BCUT2D eigenvalue weighted by atomic mass is 10.2. The van der Waals surface area contributed by atoms with Crippen LogP contribution in [0.2, 0.25) is 10.0 Å². The van der Waals surface area contributed by atoms with Crippen LogP contribution in [0.4, 0.5) is 5.69 Å². The summed E-state index contributed by atoms with van der Waals surface area (Å²) in [4.78, 5) is 3.96. The zero-order valence-corrected chi connectivity index (χ0v) is 9.20. The van der Waals surface area contributed by atoms with Gasteiger partial charge in [-0.25, -0.2) is 0 Å². The summed E-state index contributed by atoms with van der Waals surface area (Å²) >= 11 is 16.2. The van der Waals surface area contributed by atoms with Gasteiger partial charge in [-0.3, -0.25) is 4.99 Å². The van der Waals surface area contributed by atoms with Crippen molar-refractivity contribution in [2.24, 2.45) is 4.99 Å². The van der Waals surface area contributed by atoms with Gasteiger partial charge in [-0.15, -0.1) is 0 Å². The van der Waals surface area contributed by atoms with Gasteiger partial charge in [0, 0.05) is 11.6 Å². The fourth-order valence-electron chi connectivity index (χ4n) is 0.858. The van der Waals surface area contributed by atoms with Crippen molar-refractivity contribution in [3.05, 3.63) is 27.7 Å². The topological polar surface area (TPSA) is 36.1 Å². The average Bonchev–Trinajstić information content (AvgIpc) is 2.14. The summed E-state index contributed by atoms with van der Waals surface area (Å²) < 4.78 is 0. The number of nitriles is 1. The normalized spacial score (nSPS) is 10.1. The Morgan fingerprint density at radius 1 is 1.36 bits per heavy atom. The van der Waals surface area contributed by atoms with Gasteiger partial charge in [-0.2, -0.15) is 5.26 Å². The number of hydrogen-bond acceptors (Lipinski definition) is 3. The molecule has 0 spiro atoms. The van der Waals surface area contributed by atoms with Crippen molar-refractivity contribution in [3.8, 4) is 6.07 Å². The van der Waals surface area contributed by atoms with Gasteiger partial charge in [0.25, 0.3) is 0 Å². The fraction of sp³-hybridized carbons (Fsp3) is 0. The molecule has 0 amide bonds. The number of benzene rings is 1. The SMILES string of the molecule is N#Cc1c(Cl)cc(N=CC=S)cc1Cl. The molecule has 0 fully saturated rings. The zero-order valence-electron chi connectivity index (χ0n) is 6.87. The highest BCUT2D eigenvalue weighted by atomic mass is 35.5. The largest absolute Gasteiger partial charge is 0.256 e. The van der Waals surface area contributed by atoms with E-state index in [1.54, 1.807) is 12.1 Å². The molecule has 0 aliphatic rings. The summed E-state index contributed by atoms with van der Waals surface area (Å²) in [5.74, 6) is 0. The van der Waals surface area contributed by atoms with E-state index in [1.807, 2.05) is 6.07 Å². The Morgan fingerprint density at radius 2 is 1.93 bits per heavy atom. The molecule has 0 saturated carbocycles. The molecule has 0 atom stereocenters. The van der Waals surface area contributed by atoms with E-state index in [0.717, 1.165) is 0 Å². The minimum absolute atomic E-state index is 0.259. The van der Waals surface area contributed by atoms with Crippen molar-refractivity contribution in [1.82, 2.24) is 0 Å². The Kier molecular flexibility index (Phi) is 4.02. The summed E-state index contributed by atoms with van der Waals surface area (Å²) in [5.41, 5.74) is 0.828. The van der Waals surface area contributed by atoms with Crippen molar-refractivity contribution in [2.45, 2.75) is 0 Å². The Labute approximate surface area is 96.8 Å². The molecule has 1 aromatic rings. The molecule has 0 saturated heterocycles. The van der Waals surface area contributed by atoms with Crippen LogP contribution < -0.4 is 0 Å². The van der Waals surface area contributed by atoms with E-state index in [-0.39, 0.29) is 15.6 Å². The lowest BCUT2D eigenvalue weighted by Crippen LogP contribution is -1.80. The molecule has 0 aliphatic heterocycles. The third kappa shape index (κ3) is 2.52. The van der Waals surface area contributed by atoms with Gasteiger partial charge in [0.2, 0.25) is 0 Å². The molecule has 0 aliphatic carbocycles. The molecule has 1 aromatic carbocycles. The first-order chi connectivity index (χ1) is 6.69. The monoisotopic (exact) mass is 242 g/mol. The lowest BCUT2D eigenvalue weighted by molar-refractivity contribution is 1.47. The highest BCUT2D eigenvalue weighted by Crippen LogP contribution is 2.29. The third-order valence-electron chi connectivity index (χ3n) is 1.42. The van der Waals surface area contributed by atoms with Crippen LogP contribution in [0.25, 0.3) is 0 Å². The first-order valence-corrected chi connectivity index (χ1v) is 4.78. The highest BCUT2D eigenvalue weighted by molar-refractivity contribution is 7.80. The minimum Gasteiger partial charge on any atom is -0.256 e. The summed E-state index contributed by atoms with van der Waals surface area (Å²) in [6.45, 7) is 0. The second-order valence-electron chi connectivity index (χ2n) is 2.31. The van der Waals surface area contributed by atoms with Crippen LogP contribution in [-0.4, -0.2) is 11.6 Å². The molecule has 0 bridgehead atoms. The Balaban J connectivity index is 3.22. The predicted molar refractivity (Wildman–Crippen MR) is 63.0 cm³/mol. The van der Waals surface area contributed by atoms with Crippen LogP contribution in [0.5, 0.6) is 0 Å². The van der Waals surface area contributed by atoms with Gasteiger partial charge in [0.15, 0.2) is 0 Å². The van der Waals surface area contributed by atoms with E-state index in [1.165, 1.54) is 11.6 Å². The molecule has 0 radical (unpaired) electrons. The van der Waals surface area contributed by atoms with Crippen LogP contribution in [-0.2, 0) is 0 Å². The van der Waals surface area contributed by atoms with Crippen molar-refractivity contribution >= 4 is 52.7 Å². The quantitative estimate of drug-likeness (QED) is 0.588. The molecule has 0 unspecified atom stereocenters. The van der Waals surface area contributed by atoms with Gasteiger partial charge in [-0.1, -0.05) is 35.4 Å². The van der Waals surface area contributed by atoms with Crippen molar-refractivity contribution < 1.29 is 0 Å². The molecular weight excluding hydrogens is 239 g/mol. The van der Waals surface area contributed by atoms with Crippen molar-refractivity contribution in [2.75, 3.05) is 0 Å². The number of nitrogens with zero attached hydrogens (tertiary/aromatic N) is 2. The van der Waals surface area contributed by atoms with E-state index >= 15 is 0 Å². The maximum Gasteiger partial charge on any atom is 0.102 e. The van der Waals surface area contributed by atoms with Crippen molar-refractivity contribution in [1.29, 1.82) is 5.26 Å². The Bertz CT molecular complexity index is 412. The Morgan fingerprint density at radius 3 is 2.36 bits per heavy atom. The minimum atomic E-state index is 0.259. The van der Waals surface area contributed by atoms with Crippen LogP contribution in [0.1, 0.15) is 5.56 Å². The maximum absolute atomic E-state index is 8.69. The Hall–Kier alpha value is -0.950. The zero-order chi connectivity index (χ0) is 10.6. The number of rotatable bonds is 2. The standard InChI is InChI=1S/C9H4Cl2N2S/c10-8-3-6(13-1-2-14)4-9(11)7(8)5-12/h1-4H. The lowest BCUT2D eigenvalue weighted by Gasteiger charge is -1.99. The maximum atomic E-state index is 8.69. The molecule has 5 heteroatoms. The average molecular weight is 243 g/mol. The van der Waals surface area contributed by atoms with Gasteiger partial charge in [0.1, 0.15) is 6.07 Å². The predicted octanol–water partition coefficient (Wildman–Crippen LogP) is 3.57. The first-order valence-electron chi connectivity index (χ1n) is 3.56. The summed E-state index contributed by atoms with van der Waals surface area (Å²) in [6, 6.07) is 5.02. The van der Waals surface area contributed by atoms with E-state index in [0.29, 0.717) is 5.69 Å². The molecule has 0 N–H and O–H groups in total. The number of halogens is 2. The molecule has 14 heavy (non-hydrogen) atoms. The van der Waals surface area contributed by atoms with E-state index in [9.17, 15) is 0 Å². The summed E-state index contributed by atoms with van der Waals surface area (Å²) in [6.07, 6.45) is 1.45. The number of aliphatic imine (C=N–C) groups is 1. The van der Waals surface area contributed by atoms with Gasteiger partial charge < -0.3 is 0 Å². The van der Waals surface area contributed by atoms with Crippen molar-refractivity contribution in [3.63, 3.8) is 0 Å². The fourth-order valence-corrected chi connectivity index (χ4v) is 1.48. The second kappa shape index (κ2) is 5.06. The smallest absolute Gasteiger partial charge is 0.102 e. The van der Waals surface area contributed by atoms with Gasteiger partial charge >= 0.3 is 0 Å². The second-order valence-corrected chi connectivity index (χ2v) is 3.40. The number of thiocarbonyl (C=S) groups is 1. The van der Waals surface area contributed by atoms with Crippen LogP contribution in [0.3, 0.4) is 0 Å².